The molecule has 0 N–H and O–H groups in total. The van der Waals surface area contributed by atoms with E-state index < -0.39 is 0 Å². The summed E-state index contributed by atoms with van der Waals surface area (Å²) in [6.45, 7) is 0. The molecule has 0 saturated carbocycles. The van der Waals surface area contributed by atoms with Crippen LogP contribution < -0.4 is 0 Å². The largest absolute Gasteiger partial charge is 0.264 e. The second kappa shape index (κ2) is 11.0. The number of halogens is 4. The standard InChI is InChI=1S/C13H7Br2N3.C13H7BrClN3/c14-12-6-8(1-4-17-12)11-5-9-7-16-3-2-10(9)13(15)18-11;14-13-10-2-3-16-7-9(10)5-11(18-13)8-1-4-17-12(15)6-8/h2*1-7H. The molecule has 0 aliphatic carbocycles. The minimum absolute atomic E-state index is 0.455. The smallest absolute Gasteiger partial charge is 0.129 e. The van der Waals surface area contributed by atoms with Crippen LogP contribution in [0.5, 0.6) is 0 Å². The van der Waals surface area contributed by atoms with E-state index in [4.69, 9.17) is 11.6 Å². The molecule has 0 aromatic carbocycles. The zero-order valence-electron chi connectivity index (χ0n) is 18.3. The normalized spacial score (nSPS) is 10.8. The highest BCUT2D eigenvalue weighted by Gasteiger charge is 2.07. The first-order valence-electron chi connectivity index (χ1n) is 10.5. The van der Waals surface area contributed by atoms with Crippen LogP contribution in [0.2, 0.25) is 5.15 Å². The number of aromatic nitrogens is 6. The van der Waals surface area contributed by atoms with Gasteiger partial charge in [0.2, 0.25) is 0 Å². The van der Waals surface area contributed by atoms with Crippen molar-refractivity contribution in [3.8, 4) is 22.5 Å². The van der Waals surface area contributed by atoms with E-state index in [2.05, 4.69) is 77.7 Å². The van der Waals surface area contributed by atoms with Crippen molar-refractivity contribution in [3.63, 3.8) is 0 Å². The number of nitrogens with zero attached hydrogens (tertiary/aromatic N) is 6. The van der Waals surface area contributed by atoms with Gasteiger partial charge in [-0.1, -0.05) is 11.6 Å². The molecule has 36 heavy (non-hydrogen) atoms. The predicted octanol–water partition coefficient (Wildman–Crippen LogP) is 8.32. The van der Waals surface area contributed by atoms with E-state index in [1.807, 2.05) is 54.9 Å². The highest BCUT2D eigenvalue weighted by molar-refractivity contribution is 9.11. The maximum absolute atomic E-state index is 5.89. The summed E-state index contributed by atoms with van der Waals surface area (Å²) in [7, 11) is 0. The Morgan fingerprint density at radius 3 is 1.64 bits per heavy atom. The van der Waals surface area contributed by atoms with Gasteiger partial charge in [-0.3, -0.25) is 9.97 Å². The van der Waals surface area contributed by atoms with E-state index in [0.717, 1.165) is 57.9 Å². The first-order valence-corrected chi connectivity index (χ1v) is 13.3. The van der Waals surface area contributed by atoms with Crippen LogP contribution >= 0.6 is 59.4 Å². The lowest BCUT2D eigenvalue weighted by Gasteiger charge is -2.05. The molecular weight excluding hydrogens is 671 g/mol. The SMILES string of the molecule is Brc1cc(-c2cc3cnccc3c(Br)n2)ccn1.Clc1cc(-c2cc3cnccc3c(Br)n2)ccn1. The number of fused-ring (bicyclic) bond motifs is 2. The molecule has 0 radical (unpaired) electrons. The van der Waals surface area contributed by atoms with Crippen LogP contribution in [0, 0.1) is 0 Å². The summed E-state index contributed by atoms with van der Waals surface area (Å²) in [6, 6.07) is 15.4. The Morgan fingerprint density at radius 1 is 0.583 bits per heavy atom. The topological polar surface area (TPSA) is 77.3 Å². The van der Waals surface area contributed by atoms with Crippen LogP contribution in [0.25, 0.3) is 44.1 Å². The van der Waals surface area contributed by atoms with E-state index in [-0.39, 0.29) is 0 Å². The zero-order valence-corrected chi connectivity index (χ0v) is 23.8. The van der Waals surface area contributed by atoms with Crippen molar-refractivity contribution in [3.05, 3.63) is 105 Å². The quantitative estimate of drug-likeness (QED) is 0.171. The molecule has 176 valence electrons. The number of pyridine rings is 6. The van der Waals surface area contributed by atoms with Gasteiger partial charge in [-0.15, -0.1) is 0 Å². The molecule has 10 heteroatoms. The first-order chi connectivity index (χ1) is 17.5. The van der Waals surface area contributed by atoms with Gasteiger partial charge in [0, 0.05) is 69.9 Å². The van der Waals surface area contributed by atoms with Gasteiger partial charge in [0.05, 0.1) is 11.4 Å². The Balaban J connectivity index is 0.000000148. The van der Waals surface area contributed by atoms with E-state index >= 15 is 0 Å². The molecule has 0 spiro atoms. The fourth-order valence-corrected chi connectivity index (χ4v) is 5.17. The molecule has 0 fully saturated rings. The van der Waals surface area contributed by atoms with Gasteiger partial charge in [0.1, 0.15) is 19.0 Å². The predicted molar refractivity (Wildman–Crippen MR) is 154 cm³/mol. The van der Waals surface area contributed by atoms with E-state index in [1.54, 1.807) is 30.9 Å². The molecule has 6 rings (SSSR count). The molecule has 6 nitrogen and oxygen atoms in total. The lowest BCUT2D eigenvalue weighted by atomic mass is 10.1. The lowest BCUT2D eigenvalue weighted by molar-refractivity contribution is 1.25. The molecule has 0 aliphatic rings. The molecule has 6 aromatic rings. The summed E-state index contributed by atoms with van der Waals surface area (Å²) in [6.07, 6.45) is 10.6. The van der Waals surface area contributed by atoms with Gasteiger partial charge >= 0.3 is 0 Å². The van der Waals surface area contributed by atoms with E-state index in [0.29, 0.717) is 5.15 Å². The Morgan fingerprint density at radius 2 is 1.11 bits per heavy atom. The molecule has 0 bridgehead atoms. The molecular formula is C26H14Br3ClN6. The molecule has 0 atom stereocenters. The summed E-state index contributed by atoms with van der Waals surface area (Å²) in [5.41, 5.74) is 3.68. The Kier molecular flexibility index (Phi) is 7.62. The van der Waals surface area contributed by atoms with Crippen LogP contribution in [0.3, 0.4) is 0 Å². The molecule has 0 unspecified atom stereocenters. The van der Waals surface area contributed by atoms with Gasteiger partial charge in [-0.2, -0.15) is 0 Å². The first kappa shape index (κ1) is 24.8. The maximum atomic E-state index is 5.89. The van der Waals surface area contributed by atoms with Gasteiger partial charge in [0.25, 0.3) is 0 Å². The van der Waals surface area contributed by atoms with Crippen molar-refractivity contribution in [2.24, 2.45) is 0 Å². The summed E-state index contributed by atoms with van der Waals surface area (Å²) in [4.78, 5) is 25.4. The zero-order chi connectivity index (χ0) is 25.1. The Labute approximate surface area is 236 Å². The molecule has 0 amide bonds. The summed E-state index contributed by atoms with van der Waals surface area (Å²) < 4.78 is 2.42. The van der Waals surface area contributed by atoms with Crippen molar-refractivity contribution in [1.29, 1.82) is 0 Å². The van der Waals surface area contributed by atoms with Crippen LogP contribution in [0.1, 0.15) is 0 Å². The molecule has 0 aliphatic heterocycles. The van der Waals surface area contributed by atoms with Crippen molar-refractivity contribution >= 4 is 80.9 Å². The van der Waals surface area contributed by atoms with Gasteiger partial charge in [0.15, 0.2) is 0 Å². The number of hydrogen-bond donors (Lipinski definition) is 0. The summed E-state index contributed by atoms with van der Waals surface area (Å²) in [5, 5.41) is 4.64. The van der Waals surface area contributed by atoms with Gasteiger partial charge in [-0.05, 0) is 96.3 Å². The van der Waals surface area contributed by atoms with E-state index in [9.17, 15) is 0 Å². The van der Waals surface area contributed by atoms with Crippen LogP contribution in [0.4, 0.5) is 0 Å². The minimum Gasteiger partial charge on any atom is -0.264 e. The van der Waals surface area contributed by atoms with Crippen molar-refractivity contribution in [2.75, 3.05) is 0 Å². The van der Waals surface area contributed by atoms with Gasteiger partial charge in [-0.25, -0.2) is 19.9 Å². The Hall–Kier alpha value is -2.85. The van der Waals surface area contributed by atoms with Crippen molar-refractivity contribution in [2.45, 2.75) is 0 Å². The third-order valence-electron chi connectivity index (χ3n) is 5.21. The lowest BCUT2D eigenvalue weighted by Crippen LogP contribution is -1.88. The summed E-state index contributed by atoms with van der Waals surface area (Å²) in [5.74, 6) is 0. The van der Waals surface area contributed by atoms with Crippen LogP contribution in [-0.2, 0) is 0 Å². The number of rotatable bonds is 2. The fraction of sp³-hybridized carbons (Fsp3) is 0. The van der Waals surface area contributed by atoms with Gasteiger partial charge < -0.3 is 0 Å². The number of hydrogen-bond acceptors (Lipinski definition) is 6. The highest BCUT2D eigenvalue weighted by Crippen LogP contribution is 2.29. The van der Waals surface area contributed by atoms with Crippen molar-refractivity contribution < 1.29 is 0 Å². The van der Waals surface area contributed by atoms with E-state index in [1.165, 1.54) is 0 Å². The van der Waals surface area contributed by atoms with Crippen molar-refractivity contribution in [1.82, 2.24) is 29.9 Å². The monoisotopic (exact) mass is 682 g/mol. The molecule has 6 aromatic heterocycles. The second-order valence-corrected chi connectivity index (χ2v) is 10.2. The summed E-state index contributed by atoms with van der Waals surface area (Å²) >= 11 is 16.2. The third kappa shape index (κ3) is 5.59. The third-order valence-corrected chi connectivity index (χ3v) is 7.06. The fourth-order valence-electron chi connectivity index (χ4n) is 3.53. The second-order valence-electron chi connectivity index (χ2n) is 7.52. The van der Waals surface area contributed by atoms with Crippen LogP contribution in [0.15, 0.2) is 99.5 Å². The molecule has 6 heterocycles. The maximum Gasteiger partial charge on any atom is 0.129 e. The Bertz CT molecular complexity index is 1590. The average Bonchev–Trinajstić information content (AvgIpc) is 2.89. The van der Waals surface area contributed by atoms with Crippen LogP contribution in [-0.4, -0.2) is 29.9 Å². The molecule has 0 saturated heterocycles. The minimum atomic E-state index is 0.455. The average molecular weight is 686 g/mol. The highest BCUT2D eigenvalue weighted by atomic mass is 79.9.